The van der Waals surface area contributed by atoms with E-state index < -0.39 is 25.0 Å². The minimum Gasteiger partial charge on any atom is -0.480 e. The molecule has 0 spiro atoms. The SMILES string of the molecule is Cc1cc(=O)n2nc(CN(CC(=O)O)CC(=O)O)sc2n1. The van der Waals surface area contributed by atoms with Crippen LogP contribution in [0.3, 0.4) is 0 Å². The predicted molar refractivity (Wildman–Crippen MR) is 72.4 cm³/mol. The summed E-state index contributed by atoms with van der Waals surface area (Å²) in [6, 6.07) is 1.34. The lowest BCUT2D eigenvalue weighted by Gasteiger charge is -2.15. The second kappa shape index (κ2) is 5.97. The van der Waals surface area contributed by atoms with E-state index in [-0.39, 0.29) is 12.1 Å². The average molecular weight is 312 g/mol. The highest BCUT2D eigenvalue weighted by Gasteiger charge is 2.17. The summed E-state index contributed by atoms with van der Waals surface area (Å²) < 4.78 is 1.12. The van der Waals surface area contributed by atoms with E-state index in [2.05, 4.69) is 10.1 Å². The van der Waals surface area contributed by atoms with Gasteiger partial charge in [0.05, 0.1) is 19.6 Å². The highest BCUT2D eigenvalue weighted by molar-refractivity contribution is 7.16. The molecular formula is C11H12N4O5S. The highest BCUT2D eigenvalue weighted by Crippen LogP contribution is 2.13. The fourth-order valence-corrected chi connectivity index (χ4v) is 2.75. The normalized spacial score (nSPS) is 11.1. The second-order valence-electron chi connectivity index (χ2n) is 4.36. The maximum absolute atomic E-state index is 11.7. The lowest BCUT2D eigenvalue weighted by molar-refractivity contribution is -0.142. The number of rotatable bonds is 6. The Labute approximate surface area is 122 Å². The topological polar surface area (TPSA) is 125 Å². The summed E-state index contributed by atoms with van der Waals surface area (Å²) in [5, 5.41) is 22.0. The zero-order chi connectivity index (χ0) is 15.6. The van der Waals surface area contributed by atoms with Gasteiger partial charge in [-0.2, -0.15) is 9.61 Å². The van der Waals surface area contributed by atoms with Gasteiger partial charge in [-0.3, -0.25) is 19.3 Å². The number of carboxylic acid groups (broad SMARTS) is 2. The Kier molecular flexibility index (Phi) is 4.29. The van der Waals surface area contributed by atoms with Crippen molar-refractivity contribution in [3.63, 3.8) is 0 Å². The molecule has 0 bridgehead atoms. The molecule has 9 nitrogen and oxygen atoms in total. The van der Waals surface area contributed by atoms with Crippen LogP contribution in [-0.2, 0) is 16.1 Å². The summed E-state index contributed by atoms with van der Waals surface area (Å²) >= 11 is 1.12. The molecule has 2 rings (SSSR count). The average Bonchev–Trinajstić information content (AvgIpc) is 2.69. The zero-order valence-electron chi connectivity index (χ0n) is 11.0. The quantitative estimate of drug-likeness (QED) is 0.726. The number of aliphatic carboxylic acids is 2. The van der Waals surface area contributed by atoms with Gasteiger partial charge in [0.2, 0.25) is 4.96 Å². The van der Waals surface area contributed by atoms with E-state index >= 15 is 0 Å². The van der Waals surface area contributed by atoms with E-state index in [4.69, 9.17) is 10.2 Å². The number of carboxylic acids is 2. The molecule has 0 saturated carbocycles. The Bertz CT molecular complexity index is 737. The number of carbonyl (C=O) groups is 2. The molecule has 0 aliphatic heterocycles. The fraction of sp³-hybridized carbons (Fsp3) is 0.364. The van der Waals surface area contributed by atoms with Crippen molar-refractivity contribution in [2.45, 2.75) is 13.5 Å². The molecule has 0 unspecified atom stereocenters. The molecule has 10 heteroatoms. The lowest BCUT2D eigenvalue weighted by Crippen LogP contribution is -2.34. The molecule has 0 fully saturated rings. The van der Waals surface area contributed by atoms with Crippen molar-refractivity contribution in [1.82, 2.24) is 19.5 Å². The third kappa shape index (κ3) is 3.83. The van der Waals surface area contributed by atoms with Crippen LogP contribution in [0.25, 0.3) is 4.96 Å². The van der Waals surface area contributed by atoms with E-state index in [0.29, 0.717) is 15.7 Å². The van der Waals surface area contributed by atoms with E-state index in [1.807, 2.05) is 0 Å². The van der Waals surface area contributed by atoms with Gasteiger partial charge in [-0.15, -0.1) is 0 Å². The van der Waals surface area contributed by atoms with Gasteiger partial charge in [0.1, 0.15) is 5.01 Å². The van der Waals surface area contributed by atoms with Crippen LogP contribution in [0.2, 0.25) is 0 Å². The Morgan fingerprint density at radius 1 is 1.33 bits per heavy atom. The fourth-order valence-electron chi connectivity index (χ4n) is 1.77. The summed E-state index contributed by atoms with van der Waals surface area (Å²) in [6.07, 6.45) is 0. The maximum Gasteiger partial charge on any atom is 0.317 e. The standard InChI is InChI=1S/C11H12N4O5S/c1-6-2-8(16)15-11(12-6)21-7(13-15)3-14(4-9(17)18)5-10(19)20/h2H,3-5H2,1H3,(H,17,18)(H,19,20). The first-order chi connectivity index (χ1) is 9.85. The molecule has 0 amide bonds. The van der Waals surface area contributed by atoms with E-state index in [9.17, 15) is 14.4 Å². The zero-order valence-corrected chi connectivity index (χ0v) is 11.8. The number of aromatic nitrogens is 3. The summed E-state index contributed by atoms with van der Waals surface area (Å²) in [7, 11) is 0. The van der Waals surface area contributed by atoms with Crippen molar-refractivity contribution in [3.8, 4) is 0 Å². The van der Waals surface area contributed by atoms with Crippen molar-refractivity contribution in [3.05, 3.63) is 27.1 Å². The molecule has 112 valence electrons. The van der Waals surface area contributed by atoms with Crippen molar-refractivity contribution in [2.75, 3.05) is 13.1 Å². The summed E-state index contributed by atoms with van der Waals surface area (Å²) in [5.74, 6) is -2.27. The Morgan fingerprint density at radius 2 is 1.95 bits per heavy atom. The van der Waals surface area contributed by atoms with Gasteiger partial charge < -0.3 is 10.2 Å². The number of nitrogens with zero attached hydrogens (tertiary/aromatic N) is 4. The van der Waals surface area contributed by atoms with Gasteiger partial charge >= 0.3 is 11.9 Å². The molecule has 2 aromatic rings. The summed E-state index contributed by atoms with van der Waals surface area (Å²) in [4.78, 5) is 38.9. The first kappa shape index (κ1) is 15.1. The molecule has 2 N–H and O–H groups in total. The molecule has 0 aliphatic rings. The first-order valence-corrected chi connectivity index (χ1v) is 6.69. The van der Waals surface area contributed by atoms with Gasteiger partial charge in [0, 0.05) is 11.8 Å². The summed E-state index contributed by atoms with van der Waals surface area (Å²) in [5.41, 5.74) is 0.228. The maximum atomic E-state index is 11.7. The van der Waals surface area contributed by atoms with Crippen LogP contribution < -0.4 is 5.56 Å². The number of aryl methyl sites for hydroxylation is 1. The van der Waals surface area contributed by atoms with E-state index in [0.717, 1.165) is 15.9 Å². The van der Waals surface area contributed by atoms with E-state index in [1.165, 1.54) is 11.0 Å². The van der Waals surface area contributed by atoms with Crippen LogP contribution in [0, 0.1) is 6.92 Å². The largest absolute Gasteiger partial charge is 0.480 e. The molecule has 0 radical (unpaired) electrons. The predicted octanol–water partition coefficient (Wildman–Crippen LogP) is -0.569. The lowest BCUT2D eigenvalue weighted by atomic mass is 10.4. The second-order valence-corrected chi connectivity index (χ2v) is 5.40. The molecule has 21 heavy (non-hydrogen) atoms. The molecular weight excluding hydrogens is 300 g/mol. The van der Waals surface area contributed by atoms with Crippen molar-refractivity contribution in [2.24, 2.45) is 0 Å². The van der Waals surface area contributed by atoms with Crippen LogP contribution >= 0.6 is 11.3 Å². The van der Waals surface area contributed by atoms with Gasteiger partial charge in [-0.25, -0.2) is 4.98 Å². The molecule has 0 aliphatic carbocycles. The number of hydrogen-bond donors (Lipinski definition) is 2. The molecule has 2 aromatic heterocycles. The Morgan fingerprint density at radius 3 is 2.52 bits per heavy atom. The molecule has 2 heterocycles. The first-order valence-electron chi connectivity index (χ1n) is 5.87. The molecule has 0 saturated heterocycles. The number of hydrogen-bond acceptors (Lipinski definition) is 7. The Hall–Kier alpha value is -2.33. The minimum absolute atomic E-state index is 0.0190. The van der Waals surface area contributed by atoms with Crippen LogP contribution in [-0.4, -0.2) is 54.7 Å². The van der Waals surface area contributed by atoms with Crippen LogP contribution in [0.4, 0.5) is 0 Å². The van der Waals surface area contributed by atoms with Crippen LogP contribution in [0.5, 0.6) is 0 Å². The van der Waals surface area contributed by atoms with E-state index in [1.54, 1.807) is 6.92 Å². The highest BCUT2D eigenvalue weighted by atomic mass is 32.1. The molecule has 0 aromatic carbocycles. The van der Waals surface area contributed by atoms with Gasteiger partial charge in [0.15, 0.2) is 0 Å². The van der Waals surface area contributed by atoms with Crippen molar-refractivity contribution >= 4 is 28.2 Å². The van der Waals surface area contributed by atoms with Gasteiger partial charge in [-0.05, 0) is 6.92 Å². The molecule has 0 atom stereocenters. The third-order valence-corrected chi connectivity index (χ3v) is 3.38. The van der Waals surface area contributed by atoms with Crippen LogP contribution in [0.1, 0.15) is 10.7 Å². The van der Waals surface area contributed by atoms with Gasteiger partial charge in [0.25, 0.3) is 5.56 Å². The smallest absolute Gasteiger partial charge is 0.317 e. The summed E-state index contributed by atoms with van der Waals surface area (Å²) in [6.45, 7) is 0.847. The Balaban J connectivity index is 2.28. The van der Waals surface area contributed by atoms with Crippen molar-refractivity contribution in [1.29, 1.82) is 0 Å². The van der Waals surface area contributed by atoms with Gasteiger partial charge in [-0.1, -0.05) is 11.3 Å². The van der Waals surface area contributed by atoms with Crippen molar-refractivity contribution < 1.29 is 19.8 Å². The minimum atomic E-state index is -1.14. The third-order valence-electron chi connectivity index (χ3n) is 2.49. The van der Waals surface area contributed by atoms with Crippen LogP contribution in [0.15, 0.2) is 10.9 Å². The monoisotopic (exact) mass is 312 g/mol. The number of fused-ring (bicyclic) bond motifs is 1.